The monoisotopic (exact) mass is 185 g/mol. The molecule has 4 N–H and O–H groups in total. The highest BCUT2D eigenvalue weighted by molar-refractivity contribution is 5.96. The molecule has 0 saturated carbocycles. The molecule has 0 bridgehead atoms. The van der Waals surface area contributed by atoms with E-state index in [0.717, 1.165) is 13.0 Å². The van der Waals surface area contributed by atoms with Crippen LogP contribution in [0, 0.1) is 5.82 Å². The van der Waals surface area contributed by atoms with Gasteiger partial charge >= 0.3 is 0 Å². The highest BCUT2D eigenvalue weighted by atomic mass is 19.1. The number of halogens is 1. The van der Waals surface area contributed by atoms with Gasteiger partial charge in [0.15, 0.2) is 17.3 Å². The van der Waals surface area contributed by atoms with E-state index in [1.807, 2.05) is 0 Å². The molecule has 0 aromatic heterocycles. The van der Waals surface area contributed by atoms with E-state index in [0.29, 0.717) is 0 Å². The fourth-order valence-corrected chi connectivity index (χ4v) is 0.901. The van der Waals surface area contributed by atoms with Crippen LogP contribution in [0.25, 0.3) is 0 Å². The number of Topliss-reactive ketones (excluding diaryl/α,β-unsaturated/α-hetero) is 1. The second-order valence-corrected chi connectivity index (χ2v) is 2.58. The minimum absolute atomic E-state index is 0.385. The van der Waals surface area contributed by atoms with Gasteiger partial charge < -0.3 is 15.9 Å². The maximum Gasteiger partial charge on any atom is 0.179 e. The molecular formula is C8H8FNO3. The molecule has 0 amide bonds. The second-order valence-electron chi connectivity index (χ2n) is 2.58. The molecule has 0 aliphatic heterocycles. The van der Waals surface area contributed by atoms with Crippen LogP contribution in [-0.2, 0) is 0 Å². The molecule has 0 unspecified atom stereocenters. The van der Waals surface area contributed by atoms with Gasteiger partial charge in [0, 0.05) is 0 Å². The lowest BCUT2D eigenvalue weighted by Crippen LogP contribution is -2.00. The Morgan fingerprint density at radius 1 is 1.54 bits per heavy atom. The number of carbonyl (C=O) groups excluding carboxylic acids is 1. The zero-order chi connectivity index (χ0) is 10.2. The van der Waals surface area contributed by atoms with E-state index >= 15 is 0 Å². The first-order valence-corrected chi connectivity index (χ1v) is 3.46. The number of nitrogen functional groups attached to an aromatic ring is 1. The van der Waals surface area contributed by atoms with Gasteiger partial charge in [0.05, 0.1) is 5.56 Å². The van der Waals surface area contributed by atoms with Crippen molar-refractivity contribution in [1.82, 2.24) is 0 Å². The first-order chi connectivity index (χ1) is 5.95. The fourth-order valence-electron chi connectivity index (χ4n) is 0.901. The van der Waals surface area contributed by atoms with Gasteiger partial charge in [-0.15, -0.1) is 0 Å². The molecule has 4 nitrogen and oxygen atoms in total. The van der Waals surface area contributed by atoms with E-state index in [4.69, 9.17) is 15.9 Å². The number of aromatic hydroxyl groups is 2. The van der Waals surface area contributed by atoms with Crippen molar-refractivity contribution in [2.45, 2.75) is 6.92 Å². The average molecular weight is 185 g/mol. The van der Waals surface area contributed by atoms with E-state index in [2.05, 4.69) is 0 Å². The predicted molar refractivity (Wildman–Crippen MR) is 44.1 cm³/mol. The molecule has 0 atom stereocenters. The largest absolute Gasteiger partial charge is 0.506 e. The number of anilines is 1. The molecule has 70 valence electrons. The highest BCUT2D eigenvalue weighted by Gasteiger charge is 2.17. The number of carbonyl (C=O) groups is 1. The van der Waals surface area contributed by atoms with E-state index in [1.165, 1.54) is 0 Å². The van der Waals surface area contributed by atoms with Crippen molar-refractivity contribution in [2.24, 2.45) is 0 Å². The van der Waals surface area contributed by atoms with Crippen molar-refractivity contribution >= 4 is 11.5 Å². The van der Waals surface area contributed by atoms with Crippen molar-refractivity contribution in [3.05, 3.63) is 17.4 Å². The van der Waals surface area contributed by atoms with Crippen LogP contribution in [0.5, 0.6) is 11.5 Å². The molecule has 0 fully saturated rings. The summed E-state index contributed by atoms with van der Waals surface area (Å²) in [7, 11) is 0. The van der Waals surface area contributed by atoms with E-state index in [-0.39, 0.29) is 5.56 Å². The van der Waals surface area contributed by atoms with Crippen LogP contribution in [0.15, 0.2) is 6.07 Å². The molecule has 0 spiro atoms. The number of nitrogens with two attached hydrogens (primary N) is 1. The van der Waals surface area contributed by atoms with Crippen molar-refractivity contribution in [3.8, 4) is 11.5 Å². The zero-order valence-electron chi connectivity index (χ0n) is 6.84. The summed E-state index contributed by atoms with van der Waals surface area (Å²) in [5, 5.41) is 18.1. The quantitative estimate of drug-likeness (QED) is 0.346. The molecule has 1 aromatic rings. The third-order valence-corrected chi connectivity index (χ3v) is 1.64. The van der Waals surface area contributed by atoms with Crippen LogP contribution < -0.4 is 5.73 Å². The van der Waals surface area contributed by atoms with Gasteiger partial charge in [0.25, 0.3) is 0 Å². The highest BCUT2D eigenvalue weighted by Crippen LogP contribution is 2.34. The van der Waals surface area contributed by atoms with Crippen LogP contribution in [-0.4, -0.2) is 16.0 Å². The summed E-state index contributed by atoms with van der Waals surface area (Å²) in [6, 6.07) is 0.882. The predicted octanol–water partition coefficient (Wildman–Crippen LogP) is 1.02. The van der Waals surface area contributed by atoms with Gasteiger partial charge in [-0.25, -0.2) is 4.39 Å². The summed E-state index contributed by atoms with van der Waals surface area (Å²) in [5.41, 5.74) is 4.25. The Labute approximate surface area is 73.4 Å². The van der Waals surface area contributed by atoms with Crippen molar-refractivity contribution in [3.63, 3.8) is 0 Å². The lowest BCUT2D eigenvalue weighted by atomic mass is 10.1. The summed E-state index contributed by atoms with van der Waals surface area (Å²) < 4.78 is 13.0. The van der Waals surface area contributed by atoms with Gasteiger partial charge in [-0.2, -0.15) is 0 Å². The second kappa shape index (κ2) is 2.93. The molecule has 0 radical (unpaired) electrons. The lowest BCUT2D eigenvalue weighted by Gasteiger charge is -2.05. The van der Waals surface area contributed by atoms with Gasteiger partial charge in [-0.3, -0.25) is 4.79 Å². The Bertz CT molecular complexity index is 376. The van der Waals surface area contributed by atoms with Crippen molar-refractivity contribution in [1.29, 1.82) is 0 Å². The van der Waals surface area contributed by atoms with Gasteiger partial charge in [-0.1, -0.05) is 0 Å². The maximum absolute atomic E-state index is 13.0. The molecular weight excluding hydrogens is 177 g/mol. The normalized spacial score (nSPS) is 10.0. The van der Waals surface area contributed by atoms with Crippen molar-refractivity contribution in [2.75, 3.05) is 5.73 Å². The summed E-state index contributed by atoms with van der Waals surface area (Å²) in [6.07, 6.45) is 0. The summed E-state index contributed by atoms with van der Waals surface area (Å²) in [4.78, 5) is 10.8. The molecule has 0 saturated heterocycles. The van der Waals surface area contributed by atoms with Gasteiger partial charge in [0.1, 0.15) is 11.4 Å². The first kappa shape index (κ1) is 9.31. The Kier molecular flexibility index (Phi) is 2.10. The molecule has 0 aliphatic rings. The minimum Gasteiger partial charge on any atom is -0.506 e. The van der Waals surface area contributed by atoms with Crippen LogP contribution >= 0.6 is 0 Å². The van der Waals surface area contributed by atoms with Gasteiger partial charge in [0.2, 0.25) is 0 Å². The van der Waals surface area contributed by atoms with Crippen LogP contribution in [0.2, 0.25) is 0 Å². The number of phenolic OH excluding ortho intramolecular Hbond substituents is 2. The van der Waals surface area contributed by atoms with E-state index in [1.54, 1.807) is 0 Å². The molecule has 1 aromatic carbocycles. The molecule has 13 heavy (non-hydrogen) atoms. The lowest BCUT2D eigenvalue weighted by molar-refractivity contribution is 0.101. The topological polar surface area (TPSA) is 83.5 Å². The third-order valence-electron chi connectivity index (χ3n) is 1.64. The molecule has 1 rings (SSSR count). The molecule has 0 aliphatic carbocycles. The maximum atomic E-state index is 13.0. The molecule has 5 heteroatoms. The fraction of sp³-hybridized carbons (Fsp3) is 0.125. The Morgan fingerprint density at radius 2 is 2.08 bits per heavy atom. The number of rotatable bonds is 1. The minimum atomic E-state index is -1.11. The van der Waals surface area contributed by atoms with E-state index in [9.17, 15) is 9.18 Å². The van der Waals surface area contributed by atoms with E-state index < -0.39 is 28.8 Å². The van der Waals surface area contributed by atoms with Crippen molar-refractivity contribution < 1.29 is 19.4 Å². The third kappa shape index (κ3) is 1.40. The number of phenols is 2. The smallest absolute Gasteiger partial charge is 0.179 e. The zero-order valence-corrected chi connectivity index (χ0v) is 6.84. The summed E-state index contributed by atoms with van der Waals surface area (Å²) >= 11 is 0. The summed E-state index contributed by atoms with van der Waals surface area (Å²) in [6.45, 7) is 1.12. The summed E-state index contributed by atoms with van der Waals surface area (Å²) in [5.74, 6) is -3.11. The van der Waals surface area contributed by atoms with Gasteiger partial charge in [-0.05, 0) is 13.0 Å². The van der Waals surface area contributed by atoms with Crippen LogP contribution in [0.4, 0.5) is 10.1 Å². The SMILES string of the molecule is CC(=O)c1cc(O)c(N)c(O)c1F. The van der Waals surface area contributed by atoms with Crippen LogP contribution in [0.1, 0.15) is 17.3 Å². The van der Waals surface area contributed by atoms with Crippen LogP contribution in [0.3, 0.4) is 0 Å². The Balaban J connectivity index is 3.50. The first-order valence-electron chi connectivity index (χ1n) is 3.46. The number of hydrogen-bond donors (Lipinski definition) is 3. The average Bonchev–Trinajstić information content (AvgIpc) is 2.07. The Morgan fingerprint density at radius 3 is 2.54 bits per heavy atom. The number of benzene rings is 1. The standard InChI is InChI=1S/C8H8FNO3/c1-3(11)4-2-5(12)7(10)8(13)6(4)9/h2,12-13H,10H2,1H3. The molecule has 0 heterocycles. The number of hydrogen-bond acceptors (Lipinski definition) is 4. The number of ketones is 1. The Hall–Kier alpha value is -1.78.